The first-order chi connectivity index (χ1) is 13.8. The number of hydrogen-bond donors (Lipinski definition) is 2. The van der Waals surface area contributed by atoms with E-state index >= 15 is 0 Å². The molecule has 0 bridgehead atoms. The Balaban J connectivity index is 1.78. The quantitative estimate of drug-likeness (QED) is 0.549. The van der Waals surface area contributed by atoms with Crippen molar-refractivity contribution in [3.8, 4) is 5.75 Å². The number of anilines is 2. The molecule has 0 atom stereocenters. The van der Waals surface area contributed by atoms with Gasteiger partial charge in [0.05, 0.1) is 28.4 Å². The summed E-state index contributed by atoms with van der Waals surface area (Å²) in [6, 6.07) is 16.8. The van der Waals surface area contributed by atoms with E-state index in [2.05, 4.69) is 10.0 Å². The number of methoxy groups -OCH3 is 1. The van der Waals surface area contributed by atoms with E-state index in [1.165, 1.54) is 31.4 Å². The van der Waals surface area contributed by atoms with Gasteiger partial charge in [0.1, 0.15) is 5.75 Å². The van der Waals surface area contributed by atoms with Crippen LogP contribution in [0.3, 0.4) is 0 Å². The van der Waals surface area contributed by atoms with Crippen LogP contribution < -0.4 is 14.8 Å². The number of nitrogens with one attached hydrogen (secondary N) is 2. The molecule has 0 aliphatic heterocycles. The first-order valence-corrected chi connectivity index (χ1v) is 10.6. The third-order valence-corrected chi connectivity index (χ3v) is 5.90. The summed E-state index contributed by atoms with van der Waals surface area (Å²) in [5, 5.41) is 3.41. The van der Waals surface area contributed by atoms with Crippen LogP contribution in [0.5, 0.6) is 5.75 Å². The molecule has 3 aromatic carbocycles. The maximum absolute atomic E-state index is 12.5. The minimum Gasteiger partial charge on any atom is -0.495 e. The van der Waals surface area contributed by atoms with Crippen LogP contribution in [-0.4, -0.2) is 21.4 Å². The van der Waals surface area contributed by atoms with Gasteiger partial charge in [-0.3, -0.25) is 9.52 Å². The van der Waals surface area contributed by atoms with Crippen LogP contribution in [-0.2, 0) is 10.0 Å². The summed E-state index contributed by atoms with van der Waals surface area (Å²) in [7, 11) is -2.38. The molecule has 29 heavy (non-hydrogen) atoms. The Morgan fingerprint density at radius 1 is 0.931 bits per heavy atom. The molecule has 0 saturated heterocycles. The molecule has 0 radical (unpaired) electrons. The zero-order chi connectivity index (χ0) is 21.0. The molecular weight excluding hydrogens is 435 g/mol. The average Bonchev–Trinajstić information content (AvgIpc) is 2.70. The van der Waals surface area contributed by atoms with Crippen molar-refractivity contribution >= 4 is 50.5 Å². The number of amides is 1. The Bertz CT molecular complexity index is 1150. The normalized spacial score (nSPS) is 11.0. The number of benzene rings is 3. The minimum atomic E-state index is -3.86. The second kappa shape index (κ2) is 8.73. The Morgan fingerprint density at radius 2 is 1.62 bits per heavy atom. The molecule has 0 aliphatic carbocycles. The molecule has 3 aromatic rings. The molecule has 9 heteroatoms. The van der Waals surface area contributed by atoms with Gasteiger partial charge in [-0.1, -0.05) is 35.3 Å². The summed E-state index contributed by atoms with van der Waals surface area (Å²) in [6.45, 7) is 0. The molecule has 0 heterocycles. The highest BCUT2D eigenvalue weighted by Gasteiger charge is 2.17. The van der Waals surface area contributed by atoms with E-state index in [0.717, 1.165) is 0 Å². The Hall–Kier alpha value is -2.74. The number of halogens is 2. The van der Waals surface area contributed by atoms with Gasteiger partial charge in [-0.2, -0.15) is 0 Å². The number of sulfonamides is 1. The van der Waals surface area contributed by atoms with Crippen molar-refractivity contribution < 1.29 is 17.9 Å². The van der Waals surface area contributed by atoms with Crippen LogP contribution in [0.25, 0.3) is 0 Å². The summed E-state index contributed by atoms with van der Waals surface area (Å²) in [5.74, 6) is 0.0134. The van der Waals surface area contributed by atoms with Gasteiger partial charge >= 0.3 is 0 Å². The van der Waals surface area contributed by atoms with Crippen molar-refractivity contribution in [2.24, 2.45) is 0 Å². The Labute approximate surface area is 178 Å². The molecule has 150 valence electrons. The predicted octanol–water partition coefficient (Wildman–Crippen LogP) is 5.06. The van der Waals surface area contributed by atoms with Crippen molar-refractivity contribution in [3.63, 3.8) is 0 Å². The number of carbonyl (C=O) groups excluding carboxylic acids is 1. The average molecular weight is 451 g/mol. The van der Waals surface area contributed by atoms with Gasteiger partial charge in [-0.15, -0.1) is 0 Å². The van der Waals surface area contributed by atoms with Gasteiger partial charge in [-0.25, -0.2) is 8.42 Å². The van der Waals surface area contributed by atoms with Gasteiger partial charge in [0.25, 0.3) is 15.9 Å². The fourth-order valence-corrected chi connectivity index (χ4v) is 4.00. The fourth-order valence-electron chi connectivity index (χ4n) is 2.51. The van der Waals surface area contributed by atoms with E-state index < -0.39 is 15.9 Å². The SMILES string of the molecule is COc1ccc(Cl)cc1NC(=O)c1ccc(S(=O)(=O)Nc2ccccc2Cl)cc1. The topological polar surface area (TPSA) is 84.5 Å². The van der Waals surface area contributed by atoms with E-state index in [1.54, 1.807) is 42.5 Å². The Kier molecular flexibility index (Phi) is 6.32. The Morgan fingerprint density at radius 3 is 2.28 bits per heavy atom. The molecule has 6 nitrogen and oxygen atoms in total. The van der Waals surface area contributed by atoms with Gasteiger partial charge in [0.2, 0.25) is 0 Å². The maximum atomic E-state index is 12.5. The van der Waals surface area contributed by atoms with E-state index in [9.17, 15) is 13.2 Å². The number of para-hydroxylation sites is 1. The number of ether oxygens (including phenoxy) is 1. The summed E-state index contributed by atoms with van der Waals surface area (Å²) in [6.07, 6.45) is 0. The zero-order valence-corrected chi connectivity index (χ0v) is 17.5. The van der Waals surface area contributed by atoms with Crippen molar-refractivity contribution in [2.75, 3.05) is 17.1 Å². The molecule has 0 fully saturated rings. The second-order valence-electron chi connectivity index (χ2n) is 5.91. The third kappa shape index (κ3) is 5.00. The standard InChI is InChI=1S/C20H16Cl2N2O4S/c1-28-19-11-8-14(21)12-18(19)23-20(25)13-6-9-15(10-7-13)29(26,27)24-17-5-3-2-4-16(17)22/h2-12,24H,1H3,(H,23,25). The lowest BCUT2D eigenvalue weighted by Crippen LogP contribution is -2.15. The number of rotatable bonds is 6. The minimum absolute atomic E-state index is 0.00527. The van der Waals surface area contributed by atoms with Gasteiger partial charge in [0, 0.05) is 10.6 Å². The van der Waals surface area contributed by atoms with E-state index in [1.807, 2.05) is 0 Å². The van der Waals surface area contributed by atoms with Crippen LogP contribution in [0.1, 0.15) is 10.4 Å². The molecule has 3 rings (SSSR count). The summed E-state index contributed by atoms with van der Waals surface area (Å²) in [5.41, 5.74) is 0.940. The predicted molar refractivity (Wildman–Crippen MR) is 115 cm³/mol. The first-order valence-electron chi connectivity index (χ1n) is 8.32. The first kappa shape index (κ1) is 21.0. The van der Waals surface area contributed by atoms with Crippen LogP contribution in [0.4, 0.5) is 11.4 Å². The lowest BCUT2D eigenvalue weighted by Gasteiger charge is -2.12. The van der Waals surface area contributed by atoms with Crippen LogP contribution >= 0.6 is 23.2 Å². The van der Waals surface area contributed by atoms with Crippen molar-refractivity contribution in [3.05, 3.63) is 82.3 Å². The van der Waals surface area contributed by atoms with E-state index in [0.29, 0.717) is 16.5 Å². The highest BCUT2D eigenvalue weighted by Crippen LogP contribution is 2.28. The lowest BCUT2D eigenvalue weighted by atomic mass is 10.2. The number of hydrogen-bond acceptors (Lipinski definition) is 4. The molecule has 0 aliphatic rings. The molecule has 0 saturated carbocycles. The van der Waals surface area contributed by atoms with Gasteiger partial charge in [-0.05, 0) is 54.6 Å². The summed E-state index contributed by atoms with van der Waals surface area (Å²) >= 11 is 12.0. The molecule has 0 unspecified atom stereocenters. The lowest BCUT2D eigenvalue weighted by molar-refractivity contribution is 0.102. The summed E-state index contributed by atoms with van der Waals surface area (Å²) in [4.78, 5) is 12.5. The van der Waals surface area contributed by atoms with Crippen molar-refractivity contribution in [1.82, 2.24) is 0 Å². The van der Waals surface area contributed by atoms with Crippen LogP contribution in [0.2, 0.25) is 10.0 Å². The molecule has 2 N–H and O–H groups in total. The number of carbonyl (C=O) groups is 1. The van der Waals surface area contributed by atoms with Crippen molar-refractivity contribution in [2.45, 2.75) is 4.90 Å². The highest BCUT2D eigenvalue weighted by atomic mass is 35.5. The maximum Gasteiger partial charge on any atom is 0.261 e. The van der Waals surface area contributed by atoms with E-state index in [-0.39, 0.29) is 21.2 Å². The van der Waals surface area contributed by atoms with Crippen molar-refractivity contribution in [1.29, 1.82) is 0 Å². The molecule has 1 amide bonds. The van der Waals surface area contributed by atoms with Crippen LogP contribution in [0, 0.1) is 0 Å². The monoisotopic (exact) mass is 450 g/mol. The fraction of sp³-hybridized carbons (Fsp3) is 0.0500. The smallest absolute Gasteiger partial charge is 0.261 e. The molecule has 0 aromatic heterocycles. The van der Waals surface area contributed by atoms with E-state index in [4.69, 9.17) is 27.9 Å². The summed E-state index contributed by atoms with van der Waals surface area (Å²) < 4.78 is 32.7. The zero-order valence-electron chi connectivity index (χ0n) is 15.1. The third-order valence-electron chi connectivity index (χ3n) is 3.95. The largest absolute Gasteiger partial charge is 0.495 e. The highest BCUT2D eigenvalue weighted by molar-refractivity contribution is 7.92. The molecule has 0 spiro atoms. The van der Waals surface area contributed by atoms with Gasteiger partial charge < -0.3 is 10.1 Å². The van der Waals surface area contributed by atoms with Gasteiger partial charge in [0.15, 0.2) is 0 Å². The van der Waals surface area contributed by atoms with Crippen LogP contribution in [0.15, 0.2) is 71.6 Å². The molecular formula is C20H16Cl2N2O4S. The second-order valence-corrected chi connectivity index (χ2v) is 8.43.